The Morgan fingerprint density at radius 2 is 1.63 bits per heavy atom. The van der Waals surface area contributed by atoms with Crippen molar-refractivity contribution in [3.8, 4) is 11.5 Å². The van der Waals surface area contributed by atoms with Gasteiger partial charge in [-0.15, -0.1) is 0 Å². The number of nitrogens with zero attached hydrogens (tertiary/aromatic N) is 3. The third-order valence-corrected chi connectivity index (χ3v) is 13.3. The number of phenols is 1. The van der Waals surface area contributed by atoms with Crippen LogP contribution in [0.1, 0.15) is 54.0 Å². The Hall–Kier alpha value is -6.01. The SMILES string of the molecule is CO[C@H]1/C=C/O[C@@]2(C)Oc3c(C)c(O)c4c(=O)c(c5oc6cc(N7CCN(C)CC7)cc(=O)c6nc5c4c3=C2O)NC(=O)/C(C)=C\C=C\[C@H](C)[C@H](O)[C@@H](C)[C@@H](O)[C@@H](C)[C@H](OC(C)=O)[C@@H]1C. The molecule has 1 aromatic heterocycles. The number of fused-ring (bicyclic) bond motifs is 2. The summed E-state index contributed by atoms with van der Waals surface area (Å²) in [5.74, 6) is -6.92. The summed E-state index contributed by atoms with van der Waals surface area (Å²) in [7, 11) is 3.46. The molecule has 1 saturated heterocycles. The zero-order valence-corrected chi connectivity index (χ0v) is 38.3. The lowest BCUT2D eigenvalue weighted by Crippen LogP contribution is -2.46. The van der Waals surface area contributed by atoms with Gasteiger partial charge in [0.25, 0.3) is 5.91 Å². The van der Waals surface area contributed by atoms with Crippen LogP contribution in [0.4, 0.5) is 11.4 Å². The summed E-state index contributed by atoms with van der Waals surface area (Å²) in [5.41, 5.74) is -1.39. The van der Waals surface area contributed by atoms with Gasteiger partial charge < -0.3 is 58.9 Å². The topological polar surface area (TPSA) is 231 Å². The molecular weight excluding hydrogens is 841 g/mol. The van der Waals surface area contributed by atoms with E-state index in [9.17, 15) is 39.6 Å². The zero-order valence-electron chi connectivity index (χ0n) is 38.3. The average molecular weight is 899 g/mol. The normalized spacial score (nSPS) is 30.2. The Balaban J connectivity index is 1.48. The van der Waals surface area contributed by atoms with Gasteiger partial charge in [0, 0.05) is 105 Å². The van der Waals surface area contributed by atoms with Gasteiger partial charge in [-0.2, -0.15) is 0 Å². The van der Waals surface area contributed by atoms with E-state index in [1.807, 2.05) is 11.9 Å². The number of anilines is 2. The summed E-state index contributed by atoms with van der Waals surface area (Å²) >= 11 is 0. The highest BCUT2D eigenvalue weighted by Crippen LogP contribution is 2.42. The molecule has 4 heterocycles. The molecule has 5 N–H and O–H groups in total. The van der Waals surface area contributed by atoms with E-state index in [1.165, 1.54) is 59.3 Å². The number of aromatic nitrogens is 1. The molecule has 0 spiro atoms. The number of phenolic OH excluding ortho intramolecular Hbond substituents is 1. The summed E-state index contributed by atoms with van der Waals surface area (Å²) in [4.78, 5) is 64.1. The molecule has 4 aromatic rings. The predicted molar refractivity (Wildman–Crippen MR) is 245 cm³/mol. The molecule has 0 radical (unpaired) electrons. The molecule has 1 amide bonds. The molecule has 0 unspecified atom stereocenters. The van der Waals surface area contributed by atoms with Crippen LogP contribution in [0.2, 0.25) is 0 Å². The number of likely N-dealkylation sites (N-methyl/N-ethyl adjacent to an activating group) is 1. The lowest BCUT2D eigenvalue weighted by molar-refractivity contribution is -0.160. The zero-order chi connectivity index (χ0) is 47.4. The summed E-state index contributed by atoms with van der Waals surface area (Å²) in [5, 5.41) is 49.1. The van der Waals surface area contributed by atoms with Crippen molar-refractivity contribution in [2.45, 2.75) is 85.6 Å². The third kappa shape index (κ3) is 8.53. The molecule has 4 bridgehead atoms. The number of ether oxygens (including phenoxy) is 4. The predicted octanol–water partition coefficient (Wildman–Crippen LogP) is 4.31. The Kier molecular flexibility index (Phi) is 13.1. The van der Waals surface area contributed by atoms with Crippen molar-refractivity contribution in [2.75, 3.05) is 50.6 Å². The van der Waals surface area contributed by atoms with E-state index in [1.54, 1.807) is 45.9 Å². The van der Waals surface area contributed by atoms with Crippen molar-refractivity contribution in [3.63, 3.8) is 0 Å². The molecule has 0 saturated carbocycles. The lowest BCUT2D eigenvalue weighted by atomic mass is 9.78. The minimum absolute atomic E-state index is 0.0337. The summed E-state index contributed by atoms with van der Waals surface area (Å²) in [6.45, 7) is 15.4. The van der Waals surface area contributed by atoms with Gasteiger partial charge >= 0.3 is 11.8 Å². The Labute approximate surface area is 375 Å². The second kappa shape index (κ2) is 18.1. The van der Waals surface area contributed by atoms with Crippen molar-refractivity contribution in [1.82, 2.24) is 9.88 Å². The van der Waals surface area contributed by atoms with E-state index in [4.69, 9.17) is 28.3 Å². The van der Waals surface area contributed by atoms with Crippen LogP contribution in [0.5, 0.6) is 11.5 Å². The second-order valence-electron chi connectivity index (χ2n) is 17.8. The van der Waals surface area contributed by atoms with E-state index >= 15 is 0 Å². The van der Waals surface area contributed by atoms with Crippen LogP contribution >= 0.6 is 0 Å². The van der Waals surface area contributed by atoms with Gasteiger partial charge in [0.15, 0.2) is 22.4 Å². The van der Waals surface area contributed by atoms with Crippen molar-refractivity contribution in [2.24, 2.45) is 23.7 Å². The van der Waals surface area contributed by atoms with Gasteiger partial charge in [-0.05, 0) is 27.0 Å². The maximum Gasteiger partial charge on any atom is 0.307 e. The molecule has 0 aliphatic carbocycles. The third-order valence-electron chi connectivity index (χ3n) is 13.3. The number of methoxy groups -OCH3 is 1. The van der Waals surface area contributed by atoms with Crippen LogP contribution in [-0.4, -0.2) is 113 Å². The summed E-state index contributed by atoms with van der Waals surface area (Å²) in [6.07, 6.45) is 3.56. The molecule has 17 nitrogen and oxygen atoms in total. The smallest absolute Gasteiger partial charge is 0.307 e. The van der Waals surface area contributed by atoms with E-state index in [2.05, 4.69) is 10.2 Å². The van der Waals surface area contributed by atoms with E-state index in [0.717, 1.165) is 13.1 Å². The number of hydrogen-bond acceptors (Lipinski definition) is 16. The first kappa shape index (κ1) is 47.0. The number of nitrogens with one attached hydrogen (secondary N) is 1. The number of piperazine rings is 1. The van der Waals surface area contributed by atoms with Crippen LogP contribution in [0.15, 0.2) is 62.3 Å². The number of benzene rings is 3. The fourth-order valence-corrected chi connectivity index (χ4v) is 9.12. The molecular formula is C48H58N4O13. The van der Waals surface area contributed by atoms with Crippen molar-refractivity contribution >= 4 is 62.0 Å². The number of esters is 1. The van der Waals surface area contributed by atoms with Gasteiger partial charge in [0.1, 0.15) is 28.8 Å². The average Bonchev–Trinajstić information content (AvgIpc) is 3.54. The van der Waals surface area contributed by atoms with Gasteiger partial charge in [-0.3, -0.25) is 19.2 Å². The monoisotopic (exact) mass is 898 g/mol. The van der Waals surface area contributed by atoms with Crippen molar-refractivity contribution in [3.05, 3.63) is 79.5 Å². The summed E-state index contributed by atoms with van der Waals surface area (Å²) < 4.78 is 30.4. The van der Waals surface area contributed by atoms with Gasteiger partial charge in [-0.25, -0.2) is 4.98 Å². The second-order valence-corrected chi connectivity index (χ2v) is 17.8. The number of aliphatic hydroxyl groups excluding tert-OH is 3. The number of carbonyl (C=O) groups is 2. The number of rotatable bonds is 3. The first-order chi connectivity index (χ1) is 30.7. The fourth-order valence-electron chi connectivity index (χ4n) is 9.12. The lowest BCUT2D eigenvalue weighted by Gasteiger charge is -2.38. The number of aromatic hydroxyl groups is 1. The minimum Gasteiger partial charge on any atom is -0.507 e. The molecule has 1 fully saturated rings. The Morgan fingerprint density at radius 3 is 2.29 bits per heavy atom. The highest BCUT2D eigenvalue weighted by atomic mass is 16.7. The molecule has 65 heavy (non-hydrogen) atoms. The first-order valence-corrected chi connectivity index (χ1v) is 21.8. The number of aliphatic hydroxyl groups is 3. The molecule has 3 aliphatic rings. The quantitative estimate of drug-likeness (QED) is 0.110. The van der Waals surface area contributed by atoms with Gasteiger partial charge in [-0.1, -0.05) is 45.9 Å². The Morgan fingerprint density at radius 1 is 0.938 bits per heavy atom. The minimum atomic E-state index is -1.98. The summed E-state index contributed by atoms with van der Waals surface area (Å²) in [6, 6.07) is 3.12. The number of hydrogen-bond donors (Lipinski definition) is 5. The largest absolute Gasteiger partial charge is 0.507 e. The van der Waals surface area contributed by atoms with Crippen LogP contribution < -0.4 is 31.0 Å². The molecule has 348 valence electrons. The number of carbonyl (C=O) groups excluding carboxylic acids is 2. The molecule has 7 rings (SSSR count). The molecule has 17 heteroatoms. The molecule has 3 aromatic carbocycles. The molecule has 9 atom stereocenters. The number of allylic oxidation sites excluding steroid dienone is 2. The molecule has 3 aliphatic heterocycles. The standard InChI is InChI=1S/C48H58N4O13/c1-22-12-11-13-23(2)47(60)50-38-42(58)34-33(37-45(38)64-32-21-29(20-30(54)36(32)49-37)52-17-15-51(9)16-18-52)35-44(27(6)41(34)57)65-48(8,46(35)59)62-19-14-31(61-10)24(3)43(63-28(7)53)26(5)40(56)25(4)39(22)55/h11-14,19-22,24-26,31,39-40,43,55-57,59H,15-18H2,1-10H3,(H,50,60)/b12-11+,19-14+,23-13-/t22-,24+,25+,26+,31-,39-,40+,43+,48-/m0/s1. The maximum atomic E-state index is 14.8. The highest BCUT2D eigenvalue weighted by molar-refractivity contribution is 6.16. The van der Waals surface area contributed by atoms with Crippen LogP contribution in [-0.2, 0) is 23.8 Å². The van der Waals surface area contributed by atoms with Gasteiger partial charge in [0.2, 0.25) is 10.9 Å². The van der Waals surface area contributed by atoms with Crippen LogP contribution in [0, 0.1) is 30.6 Å². The fraction of sp³-hybridized carbons (Fsp3) is 0.479. The van der Waals surface area contributed by atoms with E-state index in [0.29, 0.717) is 18.8 Å². The Bertz CT molecular complexity index is 2830. The van der Waals surface area contributed by atoms with Crippen molar-refractivity contribution < 1.29 is 53.4 Å². The van der Waals surface area contributed by atoms with Gasteiger partial charge in [0.05, 0.1) is 35.2 Å². The van der Waals surface area contributed by atoms with E-state index < -0.39 is 88.1 Å². The van der Waals surface area contributed by atoms with Crippen LogP contribution in [0.3, 0.4) is 0 Å². The van der Waals surface area contributed by atoms with Crippen molar-refractivity contribution in [1.29, 1.82) is 0 Å². The maximum absolute atomic E-state index is 14.8. The number of amides is 1. The van der Waals surface area contributed by atoms with E-state index in [-0.39, 0.29) is 60.8 Å². The highest BCUT2D eigenvalue weighted by Gasteiger charge is 2.44. The van der Waals surface area contributed by atoms with Crippen LogP contribution in [0.25, 0.3) is 38.7 Å². The first-order valence-electron chi connectivity index (χ1n) is 21.8.